The second-order valence-corrected chi connectivity index (χ2v) is 5.71. The lowest BCUT2D eigenvalue weighted by molar-refractivity contribution is 0.369. The van der Waals surface area contributed by atoms with E-state index in [0.717, 1.165) is 12.2 Å². The van der Waals surface area contributed by atoms with Gasteiger partial charge in [-0.2, -0.15) is 0 Å². The zero-order chi connectivity index (χ0) is 13.9. The number of hydrogen-bond donors (Lipinski definition) is 2. The quantitative estimate of drug-likeness (QED) is 0.844. The standard InChI is InChI=1S/C15H26N2O/c1-10-7-12(14(18-6)8-11(10)2)13(17-5)9-15(3,4)16/h7-8,13,17H,9,16H2,1-6H3. The number of benzene rings is 1. The summed E-state index contributed by atoms with van der Waals surface area (Å²) in [5.74, 6) is 0.932. The van der Waals surface area contributed by atoms with Gasteiger partial charge in [0.15, 0.2) is 0 Å². The minimum Gasteiger partial charge on any atom is -0.496 e. The number of nitrogens with one attached hydrogen (secondary N) is 1. The van der Waals surface area contributed by atoms with Crippen LogP contribution < -0.4 is 15.8 Å². The number of rotatable bonds is 5. The lowest BCUT2D eigenvalue weighted by Crippen LogP contribution is -2.37. The molecule has 0 aromatic heterocycles. The van der Waals surface area contributed by atoms with E-state index in [0.29, 0.717) is 0 Å². The van der Waals surface area contributed by atoms with E-state index in [9.17, 15) is 0 Å². The Morgan fingerprint density at radius 3 is 2.28 bits per heavy atom. The van der Waals surface area contributed by atoms with Gasteiger partial charge in [0.25, 0.3) is 0 Å². The molecule has 0 aliphatic heterocycles. The summed E-state index contributed by atoms with van der Waals surface area (Å²) in [6.07, 6.45) is 0.863. The minimum atomic E-state index is -0.211. The van der Waals surface area contributed by atoms with E-state index in [-0.39, 0.29) is 11.6 Å². The Balaban J connectivity index is 3.16. The molecule has 3 N–H and O–H groups in total. The van der Waals surface area contributed by atoms with E-state index >= 15 is 0 Å². The van der Waals surface area contributed by atoms with Crippen LogP contribution in [0.1, 0.15) is 43.0 Å². The molecular weight excluding hydrogens is 224 g/mol. The number of nitrogens with two attached hydrogens (primary N) is 1. The lowest BCUT2D eigenvalue weighted by atomic mass is 9.90. The lowest BCUT2D eigenvalue weighted by Gasteiger charge is -2.27. The van der Waals surface area contributed by atoms with E-state index in [2.05, 4.69) is 31.3 Å². The summed E-state index contributed by atoms with van der Waals surface area (Å²) in [5, 5.41) is 3.34. The molecule has 1 aromatic carbocycles. The Labute approximate surface area is 111 Å². The fourth-order valence-electron chi connectivity index (χ4n) is 2.15. The zero-order valence-corrected chi connectivity index (χ0v) is 12.4. The Morgan fingerprint density at radius 1 is 1.28 bits per heavy atom. The largest absolute Gasteiger partial charge is 0.496 e. The van der Waals surface area contributed by atoms with Gasteiger partial charge in [-0.05, 0) is 58.4 Å². The zero-order valence-electron chi connectivity index (χ0n) is 12.4. The van der Waals surface area contributed by atoms with Crippen LogP contribution in [0.2, 0.25) is 0 Å². The third-order valence-corrected chi connectivity index (χ3v) is 3.30. The van der Waals surface area contributed by atoms with Gasteiger partial charge in [0.1, 0.15) is 5.75 Å². The van der Waals surface area contributed by atoms with Crippen molar-refractivity contribution in [2.24, 2.45) is 5.73 Å². The molecule has 0 saturated heterocycles. The maximum atomic E-state index is 6.13. The number of ether oxygens (including phenoxy) is 1. The van der Waals surface area contributed by atoms with Crippen molar-refractivity contribution in [3.63, 3.8) is 0 Å². The Morgan fingerprint density at radius 2 is 1.83 bits per heavy atom. The summed E-state index contributed by atoms with van der Waals surface area (Å²) in [7, 11) is 3.68. The third kappa shape index (κ3) is 3.72. The SMILES string of the molecule is CNC(CC(C)(C)N)c1cc(C)c(C)cc1OC. The predicted octanol–water partition coefficient (Wildman–Crippen LogP) is 2.70. The van der Waals surface area contributed by atoms with Crippen LogP contribution in [0, 0.1) is 13.8 Å². The van der Waals surface area contributed by atoms with Gasteiger partial charge < -0.3 is 15.8 Å². The van der Waals surface area contributed by atoms with Crippen molar-refractivity contribution in [1.82, 2.24) is 5.32 Å². The van der Waals surface area contributed by atoms with Crippen LogP contribution in [-0.4, -0.2) is 19.7 Å². The van der Waals surface area contributed by atoms with Gasteiger partial charge in [-0.25, -0.2) is 0 Å². The van der Waals surface area contributed by atoms with Gasteiger partial charge in [0, 0.05) is 17.1 Å². The van der Waals surface area contributed by atoms with Crippen molar-refractivity contribution in [1.29, 1.82) is 0 Å². The van der Waals surface area contributed by atoms with Gasteiger partial charge >= 0.3 is 0 Å². The predicted molar refractivity (Wildman–Crippen MR) is 77.2 cm³/mol. The monoisotopic (exact) mass is 250 g/mol. The highest BCUT2D eigenvalue weighted by Crippen LogP contribution is 2.32. The summed E-state index contributed by atoms with van der Waals surface area (Å²) in [4.78, 5) is 0. The van der Waals surface area contributed by atoms with Crippen molar-refractivity contribution in [3.05, 3.63) is 28.8 Å². The van der Waals surface area contributed by atoms with Crippen LogP contribution in [-0.2, 0) is 0 Å². The molecule has 0 aliphatic carbocycles. The molecule has 0 fully saturated rings. The van der Waals surface area contributed by atoms with Crippen LogP contribution >= 0.6 is 0 Å². The van der Waals surface area contributed by atoms with E-state index < -0.39 is 0 Å². The first-order chi connectivity index (χ1) is 8.28. The maximum Gasteiger partial charge on any atom is 0.123 e. The van der Waals surface area contributed by atoms with Crippen LogP contribution in [0.15, 0.2) is 12.1 Å². The van der Waals surface area contributed by atoms with E-state index in [1.165, 1.54) is 16.7 Å². The molecule has 3 nitrogen and oxygen atoms in total. The number of hydrogen-bond acceptors (Lipinski definition) is 3. The normalized spacial score (nSPS) is 13.5. The van der Waals surface area contributed by atoms with Crippen LogP contribution in [0.25, 0.3) is 0 Å². The molecule has 102 valence electrons. The van der Waals surface area contributed by atoms with Gasteiger partial charge in [-0.3, -0.25) is 0 Å². The highest BCUT2D eigenvalue weighted by Gasteiger charge is 2.22. The van der Waals surface area contributed by atoms with Crippen molar-refractivity contribution < 1.29 is 4.74 Å². The molecule has 0 amide bonds. The smallest absolute Gasteiger partial charge is 0.123 e. The van der Waals surface area contributed by atoms with Crippen LogP contribution in [0.5, 0.6) is 5.75 Å². The van der Waals surface area contributed by atoms with Crippen molar-refractivity contribution in [2.45, 2.75) is 45.7 Å². The summed E-state index contributed by atoms with van der Waals surface area (Å²) >= 11 is 0. The van der Waals surface area contributed by atoms with Crippen molar-refractivity contribution in [3.8, 4) is 5.75 Å². The number of methoxy groups -OCH3 is 1. The van der Waals surface area contributed by atoms with E-state index in [4.69, 9.17) is 10.5 Å². The average molecular weight is 250 g/mol. The van der Waals surface area contributed by atoms with Crippen molar-refractivity contribution in [2.75, 3.05) is 14.2 Å². The van der Waals surface area contributed by atoms with E-state index in [1.54, 1.807) is 7.11 Å². The molecule has 1 rings (SSSR count). The first kappa shape index (κ1) is 15.0. The second-order valence-electron chi connectivity index (χ2n) is 5.71. The number of aryl methyl sites for hydroxylation is 2. The molecule has 18 heavy (non-hydrogen) atoms. The molecule has 0 bridgehead atoms. The summed E-state index contributed by atoms with van der Waals surface area (Å²) < 4.78 is 5.50. The molecule has 0 spiro atoms. The first-order valence-corrected chi connectivity index (χ1v) is 6.39. The molecule has 0 saturated carbocycles. The topological polar surface area (TPSA) is 47.3 Å². The van der Waals surface area contributed by atoms with Gasteiger partial charge in [-0.15, -0.1) is 0 Å². The molecule has 1 unspecified atom stereocenters. The summed E-state index contributed by atoms with van der Waals surface area (Å²) in [6.45, 7) is 8.32. The van der Waals surface area contributed by atoms with Crippen LogP contribution in [0.3, 0.4) is 0 Å². The maximum absolute atomic E-state index is 6.13. The molecule has 1 aromatic rings. The molecule has 0 heterocycles. The Hall–Kier alpha value is -1.06. The Bertz CT molecular complexity index is 408. The molecule has 0 aliphatic rings. The molecule has 1 atom stereocenters. The summed E-state index contributed by atoms with van der Waals surface area (Å²) in [5.41, 5.74) is 9.63. The third-order valence-electron chi connectivity index (χ3n) is 3.30. The van der Waals surface area contributed by atoms with Gasteiger partial charge in [0.2, 0.25) is 0 Å². The fraction of sp³-hybridized carbons (Fsp3) is 0.600. The summed E-state index contributed by atoms with van der Waals surface area (Å²) in [6, 6.07) is 4.50. The van der Waals surface area contributed by atoms with E-state index in [1.807, 2.05) is 20.9 Å². The van der Waals surface area contributed by atoms with Crippen molar-refractivity contribution >= 4 is 0 Å². The van der Waals surface area contributed by atoms with Crippen LogP contribution in [0.4, 0.5) is 0 Å². The average Bonchev–Trinajstić information content (AvgIpc) is 2.28. The van der Waals surface area contributed by atoms with Gasteiger partial charge in [-0.1, -0.05) is 6.07 Å². The molecule has 0 radical (unpaired) electrons. The fourth-order valence-corrected chi connectivity index (χ4v) is 2.15. The Kier molecular flexibility index (Phi) is 4.77. The minimum absolute atomic E-state index is 0.208. The second kappa shape index (κ2) is 5.72. The highest BCUT2D eigenvalue weighted by molar-refractivity contribution is 5.43. The van der Waals surface area contributed by atoms with Gasteiger partial charge in [0.05, 0.1) is 7.11 Å². The highest BCUT2D eigenvalue weighted by atomic mass is 16.5. The molecular formula is C15H26N2O. The molecule has 3 heteroatoms. The first-order valence-electron chi connectivity index (χ1n) is 6.39.